The monoisotopic (exact) mass is 351 g/mol. The Bertz CT molecular complexity index is 951. The highest BCUT2D eigenvalue weighted by Gasteiger charge is 2.16. The van der Waals surface area contributed by atoms with Crippen LogP contribution in [0, 0.1) is 20.8 Å². The molecule has 136 valence electrons. The zero-order valence-corrected chi connectivity index (χ0v) is 16.4. The Morgan fingerprint density at radius 1 is 0.885 bits per heavy atom. The third kappa shape index (κ3) is 3.45. The van der Waals surface area contributed by atoms with Crippen molar-refractivity contribution >= 4 is 16.7 Å². The first kappa shape index (κ1) is 18.1. The number of ether oxygens (including phenoxy) is 2. The summed E-state index contributed by atoms with van der Waals surface area (Å²) in [5.41, 5.74) is 6.20. The summed E-state index contributed by atoms with van der Waals surface area (Å²) in [6, 6.07) is 12.7. The van der Waals surface area contributed by atoms with Gasteiger partial charge in [-0.3, -0.25) is 4.90 Å². The van der Waals surface area contributed by atoms with E-state index >= 15 is 0 Å². The molecule has 4 nitrogen and oxygen atoms in total. The lowest BCUT2D eigenvalue weighted by Crippen LogP contribution is -2.25. The normalized spacial score (nSPS) is 10.8. The first-order valence-electron chi connectivity index (χ1n) is 8.79. The number of hydrogen-bond acceptors (Lipinski definition) is 3. The molecule has 0 fully saturated rings. The minimum absolute atomic E-state index is 0.748. The van der Waals surface area contributed by atoms with Gasteiger partial charge in [0.05, 0.1) is 21.3 Å². The molecular formula is C22H27N2O2+. The van der Waals surface area contributed by atoms with Crippen LogP contribution in [0.15, 0.2) is 36.4 Å². The van der Waals surface area contributed by atoms with Crippen LogP contribution in [0.1, 0.15) is 22.3 Å². The van der Waals surface area contributed by atoms with Crippen LogP contribution >= 0.6 is 0 Å². The Morgan fingerprint density at radius 2 is 1.62 bits per heavy atom. The summed E-state index contributed by atoms with van der Waals surface area (Å²) >= 11 is 0. The number of pyridine rings is 1. The smallest absolute Gasteiger partial charge is 0.275 e. The minimum atomic E-state index is 0.748. The predicted molar refractivity (Wildman–Crippen MR) is 106 cm³/mol. The molecule has 0 atom stereocenters. The van der Waals surface area contributed by atoms with Crippen molar-refractivity contribution < 1.29 is 14.5 Å². The van der Waals surface area contributed by atoms with Crippen LogP contribution in [0.3, 0.4) is 0 Å². The van der Waals surface area contributed by atoms with Gasteiger partial charge in [0, 0.05) is 11.5 Å². The molecule has 0 aliphatic rings. The molecule has 0 amide bonds. The molecule has 4 heteroatoms. The van der Waals surface area contributed by atoms with E-state index in [1.54, 1.807) is 14.2 Å². The van der Waals surface area contributed by atoms with Gasteiger partial charge in [-0.05, 0) is 61.2 Å². The summed E-state index contributed by atoms with van der Waals surface area (Å²) < 4.78 is 10.7. The van der Waals surface area contributed by atoms with Crippen molar-refractivity contribution in [2.75, 3.05) is 26.2 Å². The SMILES string of the molecule is COc1ccc(CN(C)c2cc(C)c3cc(C)cc(C)c3[nH+]2)cc1OC. The molecule has 0 bridgehead atoms. The first-order chi connectivity index (χ1) is 12.4. The second-order valence-corrected chi connectivity index (χ2v) is 6.89. The maximum Gasteiger partial charge on any atom is 0.275 e. The van der Waals surface area contributed by atoms with E-state index < -0.39 is 0 Å². The number of aromatic nitrogens is 1. The van der Waals surface area contributed by atoms with Crippen LogP contribution in [0.5, 0.6) is 11.5 Å². The van der Waals surface area contributed by atoms with E-state index in [0.717, 1.165) is 29.4 Å². The largest absolute Gasteiger partial charge is 0.493 e. The van der Waals surface area contributed by atoms with Crippen molar-refractivity contribution in [1.82, 2.24) is 0 Å². The van der Waals surface area contributed by atoms with Crippen LogP contribution in [0.4, 0.5) is 5.82 Å². The number of anilines is 1. The lowest BCUT2D eigenvalue weighted by atomic mass is 10.0. The summed E-state index contributed by atoms with van der Waals surface area (Å²) in [5, 5.41) is 1.28. The van der Waals surface area contributed by atoms with Gasteiger partial charge in [0.25, 0.3) is 5.82 Å². The number of benzene rings is 2. The van der Waals surface area contributed by atoms with Gasteiger partial charge in [-0.1, -0.05) is 12.1 Å². The summed E-state index contributed by atoms with van der Waals surface area (Å²) in [6.45, 7) is 7.24. The lowest BCUT2D eigenvalue weighted by Gasteiger charge is -2.15. The third-order valence-electron chi connectivity index (χ3n) is 4.79. The van der Waals surface area contributed by atoms with Gasteiger partial charge in [-0.15, -0.1) is 0 Å². The van der Waals surface area contributed by atoms with Crippen molar-refractivity contribution in [1.29, 1.82) is 0 Å². The predicted octanol–water partition coefficient (Wildman–Crippen LogP) is 4.23. The Morgan fingerprint density at radius 3 is 2.31 bits per heavy atom. The van der Waals surface area contributed by atoms with Crippen molar-refractivity contribution in [3.63, 3.8) is 0 Å². The highest BCUT2D eigenvalue weighted by molar-refractivity contribution is 5.83. The molecule has 3 aromatic rings. The molecule has 0 saturated heterocycles. The molecule has 0 saturated carbocycles. The van der Waals surface area contributed by atoms with E-state index in [0.29, 0.717) is 0 Å². The number of aromatic amines is 1. The number of aryl methyl sites for hydroxylation is 3. The number of H-pyrrole nitrogens is 1. The molecule has 0 radical (unpaired) electrons. The Kier molecular flexibility index (Phi) is 5.03. The summed E-state index contributed by atoms with van der Waals surface area (Å²) in [7, 11) is 5.41. The Hall–Kier alpha value is -2.75. The molecule has 0 spiro atoms. The Balaban J connectivity index is 1.94. The fraction of sp³-hybridized carbons (Fsp3) is 0.318. The fourth-order valence-corrected chi connectivity index (χ4v) is 3.44. The average Bonchev–Trinajstić information content (AvgIpc) is 2.62. The second kappa shape index (κ2) is 7.24. The molecule has 26 heavy (non-hydrogen) atoms. The quantitative estimate of drug-likeness (QED) is 0.690. The van der Waals surface area contributed by atoms with Gasteiger partial charge in [0.15, 0.2) is 11.5 Å². The van der Waals surface area contributed by atoms with E-state index in [4.69, 9.17) is 9.47 Å². The number of fused-ring (bicyclic) bond motifs is 1. The molecule has 2 aromatic carbocycles. The van der Waals surface area contributed by atoms with Gasteiger partial charge in [0.1, 0.15) is 12.1 Å². The molecule has 3 rings (SSSR count). The fourth-order valence-electron chi connectivity index (χ4n) is 3.44. The van der Waals surface area contributed by atoms with E-state index in [9.17, 15) is 0 Å². The van der Waals surface area contributed by atoms with Crippen LogP contribution in [0.2, 0.25) is 0 Å². The summed E-state index contributed by atoms with van der Waals surface area (Å²) in [6.07, 6.45) is 0. The maximum atomic E-state index is 5.42. The Labute approximate surface area is 155 Å². The molecule has 1 aromatic heterocycles. The zero-order valence-electron chi connectivity index (χ0n) is 16.4. The van der Waals surface area contributed by atoms with Crippen molar-refractivity contribution in [3.8, 4) is 11.5 Å². The van der Waals surface area contributed by atoms with Crippen LogP contribution in [-0.4, -0.2) is 21.3 Å². The van der Waals surface area contributed by atoms with E-state index in [-0.39, 0.29) is 0 Å². The second-order valence-electron chi connectivity index (χ2n) is 6.89. The van der Waals surface area contributed by atoms with E-state index in [1.165, 1.54) is 27.6 Å². The molecular weight excluding hydrogens is 324 g/mol. The highest BCUT2D eigenvalue weighted by atomic mass is 16.5. The first-order valence-corrected chi connectivity index (χ1v) is 8.79. The van der Waals surface area contributed by atoms with Gasteiger partial charge in [-0.25, -0.2) is 4.98 Å². The number of methoxy groups -OCH3 is 2. The van der Waals surface area contributed by atoms with E-state index in [1.807, 2.05) is 12.1 Å². The summed E-state index contributed by atoms with van der Waals surface area (Å²) in [4.78, 5) is 5.82. The highest BCUT2D eigenvalue weighted by Crippen LogP contribution is 2.29. The molecule has 1 N–H and O–H groups in total. The number of hydrogen-bond donors (Lipinski definition) is 0. The van der Waals surface area contributed by atoms with Crippen molar-refractivity contribution in [2.45, 2.75) is 27.3 Å². The lowest BCUT2D eigenvalue weighted by molar-refractivity contribution is -0.330. The van der Waals surface area contributed by atoms with Crippen LogP contribution < -0.4 is 19.4 Å². The average molecular weight is 351 g/mol. The van der Waals surface area contributed by atoms with Gasteiger partial charge >= 0.3 is 0 Å². The third-order valence-corrected chi connectivity index (χ3v) is 4.79. The van der Waals surface area contributed by atoms with Gasteiger partial charge < -0.3 is 9.47 Å². The maximum absolute atomic E-state index is 5.42. The van der Waals surface area contributed by atoms with Crippen LogP contribution in [-0.2, 0) is 6.54 Å². The van der Waals surface area contributed by atoms with E-state index in [2.05, 4.69) is 62.0 Å². The number of nitrogens with one attached hydrogen (secondary N) is 1. The van der Waals surface area contributed by atoms with Crippen LogP contribution in [0.25, 0.3) is 10.9 Å². The van der Waals surface area contributed by atoms with Gasteiger partial charge in [0.2, 0.25) is 0 Å². The molecule has 0 aliphatic carbocycles. The zero-order chi connectivity index (χ0) is 18.8. The van der Waals surface area contributed by atoms with Crippen molar-refractivity contribution in [3.05, 3.63) is 58.7 Å². The number of nitrogens with zero attached hydrogens (tertiary/aromatic N) is 1. The summed E-state index contributed by atoms with van der Waals surface area (Å²) in [5.74, 6) is 2.60. The molecule has 0 aliphatic heterocycles. The molecule has 1 heterocycles. The number of rotatable bonds is 5. The minimum Gasteiger partial charge on any atom is -0.493 e. The van der Waals surface area contributed by atoms with Crippen molar-refractivity contribution in [2.24, 2.45) is 0 Å². The topological polar surface area (TPSA) is 35.8 Å². The van der Waals surface area contributed by atoms with Gasteiger partial charge in [-0.2, -0.15) is 0 Å². The standard InChI is InChI=1S/C22H26N2O2/c1-14-9-16(3)22-18(10-14)15(2)11-21(23-22)24(4)13-17-7-8-19(25-5)20(12-17)26-6/h7-12H,13H2,1-6H3/p+1. The molecule has 0 unspecified atom stereocenters.